The van der Waals surface area contributed by atoms with Gasteiger partial charge in [-0.2, -0.15) is 5.10 Å². The molecule has 1 saturated carbocycles. The molecule has 2 aromatic rings. The van der Waals surface area contributed by atoms with Crippen LogP contribution < -0.4 is 4.72 Å². The van der Waals surface area contributed by atoms with Gasteiger partial charge in [-0.15, -0.1) is 11.3 Å². The van der Waals surface area contributed by atoms with Crippen LogP contribution in [0.5, 0.6) is 0 Å². The van der Waals surface area contributed by atoms with Crippen LogP contribution in [-0.4, -0.2) is 29.3 Å². The maximum Gasteiger partial charge on any atom is 0.336 e. The third-order valence-electron chi connectivity index (χ3n) is 3.71. The Morgan fingerprint density at radius 3 is 2.75 bits per heavy atom. The number of anilines is 1. The van der Waals surface area contributed by atoms with Gasteiger partial charge in [0, 0.05) is 17.8 Å². The summed E-state index contributed by atoms with van der Waals surface area (Å²) in [5, 5.41) is 14.6. The maximum absolute atomic E-state index is 12.5. The van der Waals surface area contributed by atoms with Crippen LogP contribution >= 0.6 is 11.3 Å². The van der Waals surface area contributed by atoms with Crippen molar-refractivity contribution < 1.29 is 18.3 Å². The average molecular weight is 369 g/mol. The predicted octanol–water partition coefficient (Wildman–Crippen LogP) is 2.98. The minimum atomic E-state index is -3.82. The van der Waals surface area contributed by atoms with E-state index in [1.165, 1.54) is 11.4 Å². The van der Waals surface area contributed by atoms with Crippen LogP contribution in [0, 0.1) is 5.92 Å². The van der Waals surface area contributed by atoms with Crippen molar-refractivity contribution >= 4 is 33.0 Å². The molecule has 0 aromatic carbocycles. The SMILES string of the molecule is CC(C)Cn1ncc(NS(=O)(=O)c2cc(C(=O)O)cs2)c1C1CC1. The minimum Gasteiger partial charge on any atom is -0.478 e. The fourth-order valence-corrected chi connectivity index (χ4v) is 4.73. The van der Waals surface area contributed by atoms with Crippen molar-refractivity contribution in [3.05, 3.63) is 28.9 Å². The van der Waals surface area contributed by atoms with E-state index >= 15 is 0 Å². The lowest BCUT2D eigenvalue weighted by molar-refractivity contribution is 0.0697. The van der Waals surface area contributed by atoms with E-state index in [0.29, 0.717) is 17.5 Å². The number of carboxylic acids is 1. The summed E-state index contributed by atoms with van der Waals surface area (Å²) in [6.07, 6.45) is 3.60. The van der Waals surface area contributed by atoms with E-state index in [9.17, 15) is 13.2 Å². The Morgan fingerprint density at radius 2 is 2.21 bits per heavy atom. The Balaban J connectivity index is 1.89. The monoisotopic (exact) mass is 369 g/mol. The molecular weight excluding hydrogens is 350 g/mol. The lowest BCUT2D eigenvalue weighted by atomic mass is 10.2. The van der Waals surface area contributed by atoms with Crippen molar-refractivity contribution in [2.75, 3.05) is 4.72 Å². The molecule has 9 heteroatoms. The quantitative estimate of drug-likeness (QED) is 0.781. The van der Waals surface area contributed by atoms with E-state index in [-0.39, 0.29) is 9.77 Å². The highest BCUT2D eigenvalue weighted by molar-refractivity contribution is 7.94. The summed E-state index contributed by atoms with van der Waals surface area (Å²) >= 11 is 0.893. The molecule has 0 radical (unpaired) electrons. The van der Waals surface area contributed by atoms with Gasteiger partial charge in [0.15, 0.2) is 0 Å². The van der Waals surface area contributed by atoms with Crippen LogP contribution in [0.25, 0.3) is 0 Å². The fraction of sp³-hybridized carbons (Fsp3) is 0.467. The minimum absolute atomic E-state index is 0.0155. The van der Waals surface area contributed by atoms with Gasteiger partial charge in [-0.3, -0.25) is 9.40 Å². The number of nitrogens with one attached hydrogen (secondary N) is 1. The molecule has 2 aromatic heterocycles. The lowest BCUT2D eigenvalue weighted by Gasteiger charge is -2.12. The first-order valence-electron chi connectivity index (χ1n) is 7.68. The molecule has 0 unspecified atom stereocenters. The van der Waals surface area contributed by atoms with Crippen molar-refractivity contribution in [1.29, 1.82) is 0 Å². The first-order chi connectivity index (χ1) is 11.3. The third-order valence-corrected chi connectivity index (χ3v) is 6.52. The van der Waals surface area contributed by atoms with E-state index in [1.54, 1.807) is 6.20 Å². The Labute approximate surface area is 144 Å². The van der Waals surface area contributed by atoms with Crippen LogP contribution in [0.3, 0.4) is 0 Å². The summed E-state index contributed by atoms with van der Waals surface area (Å²) < 4.78 is 29.5. The number of nitrogens with zero attached hydrogens (tertiary/aromatic N) is 2. The summed E-state index contributed by atoms with van der Waals surface area (Å²) in [7, 11) is -3.82. The third kappa shape index (κ3) is 3.46. The van der Waals surface area contributed by atoms with E-state index < -0.39 is 16.0 Å². The maximum atomic E-state index is 12.5. The molecule has 1 aliphatic carbocycles. The Bertz CT molecular complexity index is 863. The van der Waals surface area contributed by atoms with Crippen molar-refractivity contribution in [2.45, 2.75) is 43.4 Å². The van der Waals surface area contributed by atoms with Gasteiger partial charge >= 0.3 is 5.97 Å². The molecule has 0 atom stereocenters. The number of aromatic carboxylic acids is 1. The van der Waals surface area contributed by atoms with E-state index in [2.05, 4.69) is 23.7 Å². The van der Waals surface area contributed by atoms with Gasteiger partial charge in [0.2, 0.25) is 0 Å². The van der Waals surface area contributed by atoms with E-state index in [0.717, 1.165) is 36.4 Å². The lowest BCUT2D eigenvalue weighted by Crippen LogP contribution is -2.14. The van der Waals surface area contributed by atoms with Gasteiger partial charge in [0.05, 0.1) is 23.1 Å². The fourth-order valence-electron chi connectivity index (χ4n) is 2.52. The highest BCUT2D eigenvalue weighted by Gasteiger charge is 2.32. The van der Waals surface area contributed by atoms with Crippen molar-refractivity contribution in [1.82, 2.24) is 9.78 Å². The Kier molecular flexibility index (Phi) is 4.39. The Morgan fingerprint density at radius 1 is 1.50 bits per heavy atom. The molecule has 1 fully saturated rings. The zero-order chi connectivity index (χ0) is 17.5. The molecule has 2 N–H and O–H groups in total. The van der Waals surface area contributed by atoms with Crippen LogP contribution in [0.2, 0.25) is 0 Å². The first kappa shape index (κ1) is 17.0. The molecule has 7 nitrogen and oxygen atoms in total. The molecule has 0 saturated heterocycles. The second-order valence-electron chi connectivity index (χ2n) is 6.36. The summed E-state index contributed by atoms with van der Waals surface area (Å²) in [5.41, 5.74) is 1.38. The normalized spacial score (nSPS) is 15.0. The summed E-state index contributed by atoms with van der Waals surface area (Å²) in [4.78, 5) is 10.9. The highest BCUT2D eigenvalue weighted by atomic mass is 32.2. The number of rotatable bonds is 7. The van der Waals surface area contributed by atoms with Crippen LogP contribution in [0.1, 0.15) is 48.7 Å². The van der Waals surface area contributed by atoms with Gasteiger partial charge in [-0.05, 0) is 24.8 Å². The van der Waals surface area contributed by atoms with Crippen molar-refractivity contribution in [3.63, 3.8) is 0 Å². The zero-order valence-electron chi connectivity index (χ0n) is 13.4. The zero-order valence-corrected chi connectivity index (χ0v) is 15.0. The molecule has 1 aliphatic rings. The molecule has 3 rings (SSSR count). The number of hydrogen-bond donors (Lipinski definition) is 2. The van der Waals surface area contributed by atoms with E-state index in [1.807, 2.05) is 4.68 Å². The van der Waals surface area contributed by atoms with Crippen molar-refractivity contribution in [2.24, 2.45) is 5.92 Å². The number of aromatic nitrogens is 2. The number of carbonyl (C=O) groups is 1. The molecule has 0 spiro atoms. The smallest absolute Gasteiger partial charge is 0.336 e. The number of carboxylic acid groups (broad SMARTS) is 1. The number of sulfonamides is 1. The second-order valence-corrected chi connectivity index (χ2v) is 9.18. The molecule has 0 bridgehead atoms. The summed E-state index contributed by atoms with van der Waals surface area (Å²) in [5.74, 6) is -0.403. The van der Waals surface area contributed by atoms with Gasteiger partial charge in [0.1, 0.15) is 4.21 Å². The molecule has 130 valence electrons. The first-order valence-corrected chi connectivity index (χ1v) is 10.0. The van der Waals surface area contributed by atoms with Gasteiger partial charge in [0.25, 0.3) is 10.0 Å². The Hall–Kier alpha value is -1.87. The standard InChI is InChI=1S/C15H19N3O4S2/c1-9(2)7-18-14(10-3-4-10)12(6-16-18)17-24(21,22)13-5-11(8-23-13)15(19)20/h5-6,8-10,17H,3-4,7H2,1-2H3,(H,19,20). The largest absolute Gasteiger partial charge is 0.478 e. The average Bonchev–Trinajstić information content (AvgIpc) is 3.04. The van der Waals surface area contributed by atoms with Crippen LogP contribution in [0.15, 0.2) is 21.9 Å². The molecule has 0 amide bonds. The highest BCUT2D eigenvalue weighted by Crippen LogP contribution is 2.44. The van der Waals surface area contributed by atoms with Gasteiger partial charge in [-0.1, -0.05) is 13.8 Å². The predicted molar refractivity (Wildman–Crippen MR) is 91.1 cm³/mol. The second kappa shape index (κ2) is 6.21. The van der Waals surface area contributed by atoms with Crippen LogP contribution in [-0.2, 0) is 16.6 Å². The topological polar surface area (TPSA) is 101 Å². The van der Waals surface area contributed by atoms with Gasteiger partial charge in [-0.25, -0.2) is 13.2 Å². The van der Waals surface area contributed by atoms with Gasteiger partial charge < -0.3 is 5.11 Å². The van der Waals surface area contributed by atoms with Crippen LogP contribution in [0.4, 0.5) is 5.69 Å². The molecule has 2 heterocycles. The summed E-state index contributed by atoms with van der Waals surface area (Å²) in [6, 6.07) is 1.17. The number of thiophene rings is 1. The summed E-state index contributed by atoms with van der Waals surface area (Å²) in [6.45, 7) is 4.90. The van der Waals surface area contributed by atoms with Crippen molar-refractivity contribution in [3.8, 4) is 0 Å². The van der Waals surface area contributed by atoms with E-state index in [4.69, 9.17) is 5.11 Å². The number of hydrogen-bond acceptors (Lipinski definition) is 5. The molecular formula is C15H19N3O4S2. The molecule has 24 heavy (non-hydrogen) atoms. The molecule has 0 aliphatic heterocycles.